The number of carbonyl (C=O) groups is 2. The number of unbranched alkanes of at least 4 members (excludes halogenated alkanes) is 1. The molecule has 0 aliphatic rings. The Hall–Kier alpha value is -0.0600. The first kappa shape index (κ1) is 14.5. The van der Waals surface area contributed by atoms with Crippen molar-refractivity contribution in [3.05, 3.63) is 0 Å². The van der Waals surface area contributed by atoms with Crippen LogP contribution >= 0.6 is 0 Å². The van der Waals surface area contributed by atoms with Crippen LogP contribution in [-0.2, 0) is 9.59 Å². The summed E-state index contributed by atoms with van der Waals surface area (Å²) in [4.78, 5) is 20.6. The second-order valence-corrected chi connectivity index (χ2v) is 2.25. The molecule has 0 atom stereocenters. The molecule has 5 heteroatoms. The third kappa shape index (κ3) is 9.94. The molecule has 0 saturated heterocycles. The zero-order valence-electron chi connectivity index (χ0n) is 7.55. The second-order valence-electron chi connectivity index (χ2n) is 2.25. The zero-order chi connectivity index (χ0) is 8.69. The predicted molar refractivity (Wildman–Crippen MR) is 37.5 cm³/mol. The molecule has 0 radical (unpaired) electrons. The summed E-state index contributed by atoms with van der Waals surface area (Å²) in [6, 6.07) is 0. The first-order valence-corrected chi connectivity index (χ1v) is 3.63. The summed E-state index contributed by atoms with van der Waals surface area (Å²) < 4.78 is 0. The molecule has 0 rings (SSSR count). The van der Waals surface area contributed by atoms with Crippen molar-refractivity contribution in [3.63, 3.8) is 0 Å². The van der Waals surface area contributed by atoms with Gasteiger partial charge < -0.3 is 15.2 Å². The van der Waals surface area contributed by atoms with Crippen molar-refractivity contribution < 1.29 is 44.3 Å². The Labute approximate surface area is 94.0 Å². The van der Waals surface area contributed by atoms with Crippen LogP contribution in [0.2, 0.25) is 0 Å². The van der Waals surface area contributed by atoms with Crippen LogP contribution in [0.3, 0.4) is 0 Å². The van der Waals surface area contributed by atoms with Gasteiger partial charge in [-0.1, -0.05) is 13.3 Å². The zero-order valence-corrected chi connectivity index (χ0v) is 9.55. The summed E-state index contributed by atoms with van der Waals surface area (Å²) in [5, 5.41) is 12.1. The standard InChI is InChI=1S/C7H13NO3.Na/c1-2-3-4-6(9)8-5-7(10)11;/h2-5H2,1H3,(H,8,9)(H,10,11);/q;+1/p-1. The Morgan fingerprint density at radius 2 is 2.00 bits per heavy atom. The molecular formula is C7H12NNaO3. The largest absolute Gasteiger partial charge is 1.00 e. The van der Waals surface area contributed by atoms with Gasteiger partial charge >= 0.3 is 29.6 Å². The molecule has 0 aliphatic heterocycles. The quantitative estimate of drug-likeness (QED) is 0.440. The number of rotatable bonds is 5. The number of nitrogens with one attached hydrogen (secondary N) is 1. The first-order chi connectivity index (χ1) is 5.16. The SMILES string of the molecule is CCCCC(=O)NCC(=O)[O-].[Na+]. The summed E-state index contributed by atoms with van der Waals surface area (Å²) >= 11 is 0. The molecule has 1 N–H and O–H groups in total. The number of aliphatic carboxylic acids is 1. The summed E-state index contributed by atoms with van der Waals surface area (Å²) in [6.07, 6.45) is 2.11. The number of hydrogen-bond donors (Lipinski definition) is 1. The summed E-state index contributed by atoms with van der Waals surface area (Å²) in [5.41, 5.74) is 0. The van der Waals surface area contributed by atoms with Crippen molar-refractivity contribution in [2.45, 2.75) is 26.2 Å². The summed E-state index contributed by atoms with van der Waals surface area (Å²) in [7, 11) is 0. The first-order valence-electron chi connectivity index (χ1n) is 3.63. The Kier molecular flexibility index (Phi) is 10.9. The minimum atomic E-state index is -1.25. The van der Waals surface area contributed by atoms with Crippen LogP contribution in [0, 0.1) is 0 Å². The topological polar surface area (TPSA) is 69.2 Å². The van der Waals surface area contributed by atoms with Crippen LogP contribution in [0.25, 0.3) is 0 Å². The van der Waals surface area contributed by atoms with Gasteiger partial charge in [-0.2, -0.15) is 0 Å². The van der Waals surface area contributed by atoms with Gasteiger partial charge in [-0.15, -0.1) is 0 Å². The average Bonchev–Trinajstić information content (AvgIpc) is 1.97. The van der Waals surface area contributed by atoms with E-state index >= 15 is 0 Å². The van der Waals surface area contributed by atoms with E-state index in [1.807, 2.05) is 6.92 Å². The third-order valence-electron chi connectivity index (χ3n) is 1.19. The van der Waals surface area contributed by atoms with Crippen LogP contribution in [0.4, 0.5) is 0 Å². The number of carboxylic acids is 1. The maximum Gasteiger partial charge on any atom is 1.00 e. The molecule has 4 nitrogen and oxygen atoms in total. The van der Waals surface area contributed by atoms with Gasteiger partial charge in [0.2, 0.25) is 5.91 Å². The number of carbonyl (C=O) groups excluding carboxylic acids is 2. The van der Waals surface area contributed by atoms with Crippen molar-refractivity contribution in [2.75, 3.05) is 6.54 Å². The van der Waals surface area contributed by atoms with Crippen LogP contribution in [-0.4, -0.2) is 18.4 Å². The molecule has 1 amide bonds. The molecule has 0 fully saturated rings. The normalized spacial score (nSPS) is 8.42. The van der Waals surface area contributed by atoms with Crippen molar-refractivity contribution in [2.24, 2.45) is 0 Å². The van der Waals surface area contributed by atoms with E-state index in [2.05, 4.69) is 5.32 Å². The van der Waals surface area contributed by atoms with Gasteiger partial charge in [-0.05, 0) is 6.42 Å². The van der Waals surface area contributed by atoms with Crippen LogP contribution in [0.5, 0.6) is 0 Å². The molecule has 64 valence electrons. The molecule has 0 aromatic heterocycles. The number of hydrogen-bond acceptors (Lipinski definition) is 3. The van der Waals surface area contributed by atoms with Crippen molar-refractivity contribution in [1.29, 1.82) is 0 Å². The maximum absolute atomic E-state index is 10.7. The van der Waals surface area contributed by atoms with Gasteiger partial charge in [-0.25, -0.2) is 0 Å². The molecule has 0 bridgehead atoms. The van der Waals surface area contributed by atoms with Crippen molar-refractivity contribution in [3.8, 4) is 0 Å². The molecule has 0 aromatic carbocycles. The molecule has 0 unspecified atom stereocenters. The average molecular weight is 181 g/mol. The van der Waals surface area contributed by atoms with E-state index in [4.69, 9.17) is 0 Å². The summed E-state index contributed by atoms with van der Waals surface area (Å²) in [6.45, 7) is 1.58. The number of carboxylic acid groups (broad SMARTS) is 1. The van der Waals surface area contributed by atoms with Gasteiger partial charge in [0, 0.05) is 6.42 Å². The molecular weight excluding hydrogens is 169 g/mol. The van der Waals surface area contributed by atoms with E-state index in [-0.39, 0.29) is 42.0 Å². The van der Waals surface area contributed by atoms with Crippen LogP contribution in [0.1, 0.15) is 26.2 Å². The molecule has 0 aromatic rings. The van der Waals surface area contributed by atoms with E-state index in [9.17, 15) is 14.7 Å². The second kappa shape index (κ2) is 9.03. The fourth-order valence-electron chi connectivity index (χ4n) is 0.596. The number of amides is 1. The smallest absolute Gasteiger partial charge is 0.548 e. The maximum atomic E-state index is 10.7. The van der Waals surface area contributed by atoms with Crippen molar-refractivity contribution in [1.82, 2.24) is 5.32 Å². The van der Waals surface area contributed by atoms with E-state index in [0.29, 0.717) is 6.42 Å². The van der Waals surface area contributed by atoms with E-state index in [1.54, 1.807) is 0 Å². The van der Waals surface area contributed by atoms with Gasteiger partial charge in [0.05, 0.1) is 12.5 Å². The van der Waals surface area contributed by atoms with E-state index in [1.165, 1.54) is 0 Å². The molecule has 12 heavy (non-hydrogen) atoms. The van der Waals surface area contributed by atoms with E-state index < -0.39 is 5.97 Å². The Morgan fingerprint density at radius 1 is 1.42 bits per heavy atom. The van der Waals surface area contributed by atoms with Gasteiger partial charge in [-0.3, -0.25) is 4.79 Å². The Morgan fingerprint density at radius 3 is 2.42 bits per heavy atom. The summed E-state index contributed by atoms with van der Waals surface area (Å²) in [5.74, 6) is -1.48. The van der Waals surface area contributed by atoms with Crippen LogP contribution < -0.4 is 40.0 Å². The van der Waals surface area contributed by atoms with Gasteiger partial charge in [0.25, 0.3) is 0 Å². The van der Waals surface area contributed by atoms with Gasteiger partial charge in [0.1, 0.15) is 0 Å². The molecule has 0 heterocycles. The molecule has 0 spiro atoms. The van der Waals surface area contributed by atoms with Gasteiger partial charge in [0.15, 0.2) is 0 Å². The minimum absolute atomic E-state index is 0. The molecule has 0 aliphatic carbocycles. The third-order valence-corrected chi connectivity index (χ3v) is 1.19. The van der Waals surface area contributed by atoms with Crippen molar-refractivity contribution >= 4 is 11.9 Å². The predicted octanol–water partition coefficient (Wildman–Crippen LogP) is -3.95. The van der Waals surface area contributed by atoms with E-state index in [0.717, 1.165) is 12.8 Å². The monoisotopic (exact) mass is 181 g/mol. The minimum Gasteiger partial charge on any atom is -0.548 e. The van der Waals surface area contributed by atoms with Crippen LogP contribution in [0.15, 0.2) is 0 Å². The fraction of sp³-hybridized carbons (Fsp3) is 0.714. The fourth-order valence-corrected chi connectivity index (χ4v) is 0.596. The Bertz CT molecular complexity index is 150. The molecule has 0 saturated carbocycles. The Balaban J connectivity index is 0.